The minimum Gasteiger partial charge on any atom is -0.472 e. The molecule has 0 fully saturated rings. The van der Waals surface area contributed by atoms with Crippen LogP contribution in [0.15, 0.2) is 29.2 Å². The van der Waals surface area contributed by atoms with Crippen LogP contribution in [0.25, 0.3) is 0 Å². The molecule has 0 aliphatic rings. The standard InChI is InChI=1S/C23H24Cl2N2O4S/c1-12-9-18(13(2)14(3)22(12)32(6,29)30)21(28)20-15(4)26-27(5)23(20)31-11-16-7-8-17(24)10-19(16)25/h7-10H,11H2,1-6H3. The summed E-state index contributed by atoms with van der Waals surface area (Å²) in [4.78, 5) is 13.8. The van der Waals surface area contributed by atoms with Crippen LogP contribution in [0.2, 0.25) is 10.0 Å². The highest BCUT2D eigenvalue weighted by Crippen LogP contribution is 2.32. The molecule has 0 bridgehead atoms. The van der Waals surface area contributed by atoms with Gasteiger partial charge in [0.05, 0.1) is 10.6 Å². The number of carbonyl (C=O) groups is 1. The molecule has 170 valence electrons. The van der Waals surface area contributed by atoms with Crippen LogP contribution >= 0.6 is 23.2 Å². The van der Waals surface area contributed by atoms with Gasteiger partial charge in [-0.1, -0.05) is 29.3 Å². The Hall–Kier alpha value is -2.35. The van der Waals surface area contributed by atoms with Crippen LogP contribution in [0.3, 0.4) is 0 Å². The number of ether oxygens (including phenoxy) is 1. The van der Waals surface area contributed by atoms with Gasteiger partial charge in [-0.25, -0.2) is 13.1 Å². The van der Waals surface area contributed by atoms with Gasteiger partial charge in [-0.15, -0.1) is 0 Å². The summed E-state index contributed by atoms with van der Waals surface area (Å²) in [5.41, 5.74) is 3.66. The number of halogens is 2. The SMILES string of the molecule is Cc1cc(C(=O)c2c(C)nn(C)c2OCc2ccc(Cl)cc2Cl)c(C)c(C)c1S(C)(=O)=O. The second kappa shape index (κ2) is 8.89. The van der Waals surface area contributed by atoms with Gasteiger partial charge in [0.1, 0.15) is 12.2 Å². The molecule has 0 radical (unpaired) electrons. The summed E-state index contributed by atoms with van der Waals surface area (Å²) >= 11 is 12.2. The molecule has 3 aromatic rings. The van der Waals surface area contributed by atoms with Crippen molar-refractivity contribution in [2.45, 2.75) is 39.2 Å². The van der Waals surface area contributed by atoms with Crippen molar-refractivity contribution in [2.24, 2.45) is 7.05 Å². The fourth-order valence-electron chi connectivity index (χ4n) is 3.85. The van der Waals surface area contributed by atoms with E-state index >= 15 is 0 Å². The van der Waals surface area contributed by atoms with Crippen molar-refractivity contribution in [3.63, 3.8) is 0 Å². The molecule has 1 aromatic heterocycles. The van der Waals surface area contributed by atoms with E-state index in [0.717, 1.165) is 0 Å². The molecule has 0 spiro atoms. The van der Waals surface area contributed by atoms with E-state index in [1.54, 1.807) is 59.0 Å². The van der Waals surface area contributed by atoms with Gasteiger partial charge < -0.3 is 4.74 Å². The number of ketones is 1. The van der Waals surface area contributed by atoms with Crippen molar-refractivity contribution in [1.82, 2.24) is 9.78 Å². The van der Waals surface area contributed by atoms with Crippen molar-refractivity contribution in [3.05, 3.63) is 73.4 Å². The fraction of sp³-hybridized carbons (Fsp3) is 0.304. The first-order valence-corrected chi connectivity index (χ1v) is 12.4. The maximum Gasteiger partial charge on any atom is 0.223 e. The number of carbonyl (C=O) groups excluding carboxylic acids is 1. The smallest absolute Gasteiger partial charge is 0.223 e. The normalized spacial score (nSPS) is 11.6. The number of sulfone groups is 1. The molecule has 0 saturated carbocycles. The average molecular weight is 495 g/mol. The van der Waals surface area contributed by atoms with E-state index in [9.17, 15) is 13.2 Å². The van der Waals surface area contributed by atoms with E-state index < -0.39 is 9.84 Å². The zero-order valence-electron chi connectivity index (χ0n) is 18.7. The largest absolute Gasteiger partial charge is 0.472 e. The van der Waals surface area contributed by atoms with Crippen molar-refractivity contribution in [1.29, 1.82) is 0 Å². The monoisotopic (exact) mass is 494 g/mol. The third-order valence-corrected chi connectivity index (χ3v) is 7.37. The first-order valence-electron chi connectivity index (χ1n) is 9.78. The van der Waals surface area contributed by atoms with Crippen LogP contribution in [0.1, 0.15) is 43.9 Å². The van der Waals surface area contributed by atoms with Crippen LogP contribution in [0.5, 0.6) is 5.88 Å². The maximum atomic E-state index is 13.6. The lowest BCUT2D eigenvalue weighted by Gasteiger charge is -2.16. The van der Waals surface area contributed by atoms with Crippen molar-refractivity contribution >= 4 is 38.8 Å². The summed E-state index contributed by atoms with van der Waals surface area (Å²) in [5.74, 6) is 0.0250. The quantitative estimate of drug-likeness (QED) is 0.441. The molecule has 6 nitrogen and oxygen atoms in total. The van der Waals surface area contributed by atoms with Gasteiger partial charge >= 0.3 is 0 Å². The molecule has 0 aliphatic carbocycles. The molecule has 3 rings (SSSR count). The van der Waals surface area contributed by atoms with Gasteiger partial charge in [0.15, 0.2) is 9.84 Å². The van der Waals surface area contributed by atoms with Gasteiger partial charge in [-0.05, 0) is 62.6 Å². The zero-order chi connectivity index (χ0) is 24.0. The molecular weight excluding hydrogens is 471 g/mol. The van der Waals surface area contributed by atoms with Crippen LogP contribution in [0, 0.1) is 27.7 Å². The lowest BCUT2D eigenvalue weighted by atomic mass is 9.94. The Balaban J connectivity index is 2.05. The van der Waals surface area contributed by atoms with Gasteiger partial charge in [0, 0.05) is 34.5 Å². The molecule has 32 heavy (non-hydrogen) atoms. The third kappa shape index (κ3) is 4.56. The fourth-order valence-corrected chi connectivity index (χ4v) is 5.66. The molecular formula is C23H24Cl2N2O4S. The zero-order valence-corrected chi connectivity index (χ0v) is 21.0. The second-order valence-corrected chi connectivity index (χ2v) is 10.6. The van der Waals surface area contributed by atoms with Crippen molar-refractivity contribution < 1.29 is 17.9 Å². The molecule has 1 heterocycles. The van der Waals surface area contributed by atoms with Gasteiger partial charge in [0.25, 0.3) is 0 Å². The Kier molecular flexibility index (Phi) is 6.75. The molecule has 0 amide bonds. The molecule has 0 saturated heterocycles. The predicted octanol–water partition coefficient (Wildman–Crippen LogP) is 5.17. The molecule has 9 heteroatoms. The number of hydrogen-bond acceptors (Lipinski definition) is 5. The van der Waals surface area contributed by atoms with Gasteiger partial charge in [-0.2, -0.15) is 5.10 Å². The lowest BCUT2D eigenvalue weighted by Crippen LogP contribution is -2.12. The van der Waals surface area contributed by atoms with Crippen LogP contribution in [-0.4, -0.2) is 30.2 Å². The Morgan fingerprint density at radius 2 is 1.75 bits per heavy atom. The highest BCUT2D eigenvalue weighted by atomic mass is 35.5. The summed E-state index contributed by atoms with van der Waals surface area (Å²) in [5, 5.41) is 5.34. The number of benzene rings is 2. The first-order chi connectivity index (χ1) is 14.8. The average Bonchev–Trinajstić information content (AvgIpc) is 2.95. The first kappa shape index (κ1) is 24.3. The molecule has 0 atom stereocenters. The Morgan fingerprint density at radius 1 is 1.09 bits per heavy atom. The molecule has 0 aliphatic heterocycles. The van der Waals surface area contributed by atoms with Gasteiger partial charge in [-0.3, -0.25) is 4.79 Å². The molecule has 0 unspecified atom stereocenters. The maximum absolute atomic E-state index is 13.6. The third-order valence-electron chi connectivity index (χ3n) is 5.42. The molecule has 2 aromatic carbocycles. The molecule has 0 N–H and O–H groups in total. The van der Waals surface area contributed by atoms with Crippen LogP contribution in [-0.2, 0) is 23.5 Å². The van der Waals surface area contributed by atoms with E-state index in [0.29, 0.717) is 55.0 Å². The van der Waals surface area contributed by atoms with E-state index in [4.69, 9.17) is 27.9 Å². The minimum atomic E-state index is -3.43. The summed E-state index contributed by atoms with van der Waals surface area (Å²) in [6.45, 7) is 7.01. The second-order valence-electron chi connectivity index (χ2n) is 7.84. The Morgan fingerprint density at radius 3 is 2.34 bits per heavy atom. The van der Waals surface area contributed by atoms with E-state index in [1.807, 2.05) is 0 Å². The predicted molar refractivity (Wildman–Crippen MR) is 126 cm³/mol. The van der Waals surface area contributed by atoms with Crippen LogP contribution in [0.4, 0.5) is 0 Å². The highest BCUT2D eigenvalue weighted by molar-refractivity contribution is 7.90. The number of rotatable bonds is 6. The topological polar surface area (TPSA) is 78.3 Å². The number of aryl methyl sites for hydroxylation is 3. The van der Waals surface area contributed by atoms with Crippen molar-refractivity contribution in [2.75, 3.05) is 6.26 Å². The van der Waals surface area contributed by atoms with E-state index in [1.165, 1.54) is 10.9 Å². The van der Waals surface area contributed by atoms with Crippen LogP contribution < -0.4 is 4.74 Å². The Labute approximate surface area is 198 Å². The summed E-state index contributed by atoms with van der Waals surface area (Å²) in [6, 6.07) is 6.72. The Bertz CT molecular complexity index is 1340. The lowest BCUT2D eigenvalue weighted by molar-refractivity contribution is 0.103. The summed E-state index contributed by atoms with van der Waals surface area (Å²) < 4.78 is 31.9. The summed E-state index contributed by atoms with van der Waals surface area (Å²) in [7, 11) is -1.73. The van der Waals surface area contributed by atoms with Gasteiger partial charge in [0.2, 0.25) is 11.7 Å². The number of hydrogen-bond donors (Lipinski definition) is 0. The summed E-state index contributed by atoms with van der Waals surface area (Å²) in [6.07, 6.45) is 1.17. The number of nitrogens with zero attached hydrogens (tertiary/aromatic N) is 2. The minimum absolute atomic E-state index is 0.124. The number of aromatic nitrogens is 2. The van der Waals surface area contributed by atoms with E-state index in [2.05, 4.69) is 5.10 Å². The van der Waals surface area contributed by atoms with Crippen molar-refractivity contribution in [3.8, 4) is 5.88 Å². The van der Waals surface area contributed by atoms with E-state index in [-0.39, 0.29) is 17.3 Å². The highest BCUT2D eigenvalue weighted by Gasteiger charge is 2.27.